The minimum absolute atomic E-state index is 0.801. The van der Waals surface area contributed by atoms with Gasteiger partial charge in [-0.2, -0.15) is 0 Å². The van der Waals surface area contributed by atoms with Crippen LogP contribution in [0, 0.1) is 5.92 Å². The molecule has 0 spiro atoms. The van der Waals surface area contributed by atoms with Gasteiger partial charge in [-0.3, -0.25) is 0 Å². The first kappa shape index (κ1) is 7.32. The molecule has 1 rings (SSSR count). The largest absolute Gasteiger partial charge is 0.0857 e. The summed E-state index contributed by atoms with van der Waals surface area (Å²) in [5, 5.41) is 0. The molecular formula is C8H11I. The Balaban J connectivity index is 2.51. The minimum atomic E-state index is 0.801. The van der Waals surface area contributed by atoms with Gasteiger partial charge in [0.25, 0.3) is 0 Å². The third-order valence-corrected chi connectivity index (χ3v) is 2.68. The fraction of sp³-hybridized carbons (Fsp3) is 0.500. The molecule has 0 amide bonds. The Labute approximate surface area is 70.2 Å². The van der Waals surface area contributed by atoms with Gasteiger partial charge in [-0.1, -0.05) is 46.4 Å². The van der Waals surface area contributed by atoms with Crippen molar-refractivity contribution in [2.75, 3.05) is 4.43 Å². The Morgan fingerprint density at radius 2 is 2.56 bits per heavy atom. The Hall–Kier alpha value is 0.210. The molecule has 0 heterocycles. The van der Waals surface area contributed by atoms with Crippen molar-refractivity contribution >= 4 is 22.6 Å². The summed E-state index contributed by atoms with van der Waals surface area (Å²) in [7, 11) is 0. The van der Waals surface area contributed by atoms with Gasteiger partial charge >= 0.3 is 0 Å². The van der Waals surface area contributed by atoms with Crippen LogP contribution in [0.2, 0.25) is 0 Å². The van der Waals surface area contributed by atoms with Crippen LogP contribution in [0.3, 0.4) is 0 Å². The highest BCUT2D eigenvalue weighted by Gasteiger charge is 2.05. The lowest BCUT2D eigenvalue weighted by atomic mass is 9.97. The first-order valence-corrected chi connectivity index (χ1v) is 4.75. The molecule has 1 atom stereocenters. The molecule has 0 aromatic heterocycles. The molecule has 9 heavy (non-hydrogen) atoms. The average molecular weight is 234 g/mol. The molecule has 0 radical (unpaired) electrons. The van der Waals surface area contributed by atoms with Crippen molar-refractivity contribution in [1.29, 1.82) is 0 Å². The van der Waals surface area contributed by atoms with Crippen molar-refractivity contribution in [2.45, 2.75) is 13.3 Å². The van der Waals surface area contributed by atoms with E-state index in [9.17, 15) is 0 Å². The maximum atomic E-state index is 2.44. The molecule has 1 heteroatoms. The Bertz CT molecular complexity index is 145. The quantitative estimate of drug-likeness (QED) is 0.483. The third kappa shape index (κ3) is 2.12. The lowest BCUT2D eigenvalue weighted by Gasteiger charge is -2.12. The van der Waals surface area contributed by atoms with Gasteiger partial charge in [-0.05, 0) is 19.3 Å². The van der Waals surface area contributed by atoms with Crippen molar-refractivity contribution in [3.8, 4) is 0 Å². The monoisotopic (exact) mass is 234 g/mol. The Morgan fingerprint density at radius 3 is 3.00 bits per heavy atom. The average Bonchev–Trinajstić information content (AvgIpc) is 1.88. The minimum Gasteiger partial charge on any atom is -0.0857 e. The van der Waals surface area contributed by atoms with Crippen molar-refractivity contribution in [3.63, 3.8) is 0 Å². The number of alkyl halides is 1. The van der Waals surface area contributed by atoms with Crippen molar-refractivity contribution in [1.82, 2.24) is 0 Å². The van der Waals surface area contributed by atoms with Gasteiger partial charge in [0.05, 0.1) is 0 Å². The van der Waals surface area contributed by atoms with Crippen LogP contribution in [0.1, 0.15) is 13.3 Å². The van der Waals surface area contributed by atoms with Crippen LogP contribution in [0.15, 0.2) is 23.8 Å². The molecule has 0 aromatic carbocycles. The number of hydrogen-bond donors (Lipinski definition) is 0. The molecule has 0 bridgehead atoms. The molecule has 1 aliphatic rings. The fourth-order valence-corrected chi connectivity index (χ4v) is 1.64. The van der Waals surface area contributed by atoms with Crippen molar-refractivity contribution < 1.29 is 0 Å². The van der Waals surface area contributed by atoms with E-state index < -0.39 is 0 Å². The summed E-state index contributed by atoms with van der Waals surface area (Å²) in [6.45, 7) is 2.20. The van der Waals surface area contributed by atoms with Gasteiger partial charge in [0, 0.05) is 4.43 Å². The van der Waals surface area contributed by atoms with E-state index in [4.69, 9.17) is 0 Å². The standard InChI is InChI=1S/C8H11I/c1-7-3-2-4-8(5-7)6-9/h2-4,8H,5-6H2,1H3. The number of allylic oxidation sites excluding steroid dienone is 4. The smallest absolute Gasteiger partial charge is 0.00615 e. The predicted molar refractivity (Wildman–Crippen MR) is 49.9 cm³/mol. The van der Waals surface area contributed by atoms with Crippen LogP contribution in [0.4, 0.5) is 0 Å². The van der Waals surface area contributed by atoms with Crippen LogP contribution in [0.25, 0.3) is 0 Å². The summed E-state index contributed by atoms with van der Waals surface area (Å²) >= 11 is 2.44. The SMILES string of the molecule is CC1=CC=CC(CI)C1. The normalized spacial score (nSPS) is 26.0. The van der Waals surface area contributed by atoms with E-state index in [0.29, 0.717) is 0 Å². The van der Waals surface area contributed by atoms with Gasteiger partial charge in [0.15, 0.2) is 0 Å². The molecule has 0 nitrogen and oxygen atoms in total. The molecule has 1 aliphatic carbocycles. The van der Waals surface area contributed by atoms with E-state index in [-0.39, 0.29) is 0 Å². The van der Waals surface area contributed by atoms with E-state index in [2.05, 4.69) is 47.7 Å². The molecule has 0 aromatic rings. The maximum Gasteiger partial charge on any atom is 0.00615 e. The van der Waals surface area contributed by atoms with Crippen LogP contribution in [0.5, 0.6) is 0 Å². The lowest BCUT2D eigenvalue weighted by Crippen LogP contribution is -2.00. The summed E-state index contributed by atoms with van der Waals surface area (Å²) in [6.07, 6.45) is 7.92. The van der Waals surface area contributed by atoms with Crippen molar-refractivity contribution in [3.05, 3.63) is 23.8 Å². The molecule has 0 saturated heterocycles. The lowest BCUT2D eigenvalue weighted by molar-refractivity contribution is 0.729. The summed E-state index contributed by atoms with van der Waals surface area (Å²) in [5.41, 5.74) is 1.51. The molecule has 0 N–H and O–H groups in total. The van der Waals surface area contributed by atoms with E-state index in [1.165, 1.54) is 16.4 Å². The molecular weight excluding hydrogens is 223 g/mol. The summed E-state index contributed by atoms with van der Waals surface area (Å²) in [5.74, 6) is 0.801. The van der Waals surface area contributed by atoms with Gasteiger partial charge in [-0.15, -0.1) is 0 Å². The molecule has 0 aliphatic heterocycles. The molecule has 1 unspecified atom stereocenters. The first-order chi connectivity index (χ1) is 4.33. The van der Waals surface area contributed by atoms with E-state index in [1.807, 2.05) is 0 Å². The summed E-state index contributed by atoms with van der Waals surface area (Å²) < 4.78 is 1.25. The highest BCUT2D eigenvalue weighted by Crippen LogP contribution is 2.19. The first-order valence-electron chi connectivity index (χ1n) is 3.23. The van der Waals surface area contributed by atoms with Crippen LogP contribution in [-0.2, 0) is 0 Å². The third-order valence-electron chi connectivity index (χ3n) is 1.55. The van der Waals surface area contributed by atoms with Gasteiger partial charge in [0.1, 0.15) is 0 Å². The predicted octanol–water partition coefficient (Wildman–Crippen LogP) is 2.94. The topological polar surface area (TPSA) is 0 Å². The number of halogens is 1. The zero-order valence-electron chi connectivity index (χ0n) is 5.60. The highest BCUT2D eigenvalue weighted by molar-refractivity contribution is 14.1. The maximum absolute atomic E-state index is 2.44. The zero-order chi connectivity index (χ0) is 6.69. The Morgan fingerprint density at radius 1 is 1.78 bits per heavy atom. The van der Waals surface area contributed by atoms with E-state index in [0.717, 1.165) is 5.92 Å². The van der Waals surface area contributed by atoms with Crippen LogP contribution >= 0.6 is 22.6 Å². The van der Waals surface area contributed by atoms with Crippen LogP contribution in [-0.4, -0.2) is 4.43 Å². The Kier molecular flexibility index (Phi) is 2.76. The number of hydrogen-bond acceptors (Lipinski definition) is 0. The second-order valence-corrected chi connectivity index (χ2v) is 3.40. The summed E-state index contributed by atoms with van der Waals surface area (Å²) in [4.78, 5) is 0. The van der Waals surface area contributed by atoms with E-state index >= 15 is 0 Å². The van der Waals surface area contributed by atoms with E-state index in [1.54, 1.807) is 0 Å². The molecule has 0 fully saturated rings. The van der Waals surface area contributed by atoms with Gasteiger partial charge < -0.3 is 0 Å². The zero-order valence-corrected chi connectivity index (χ0v) is 7.76. The van der Waals surface area contributed by atoms with Crippen LogP contribution < -0.4 is 0 Å². The van der Waals surface area contributed by atoms with Gasteiger partial charge in [0.2, 0.25) is 0 Å². The van der Waals surface area contributed by atoms with Crippen molar-refractivity contribution in [2.24, 2.45) is 5.92 Å². The highest BCUT2D eigenvalue weighted by atomic mass is 127. The second kappa shape index (κ2) is 3.40. The second-order valence-electron chi connectivity index (χ2n) is 2.52. The number of rotatable bonds is 1. The summed E-state index contributed by atoms with van der Waals surface area (Å²) in [6, 6.07) is 0. The molecule has 0 saturated carbocycles. The van der Waals surface area contributed by atoms with Gasteiger partial charge in [-0.25, -0.2) is 0 Å². The molecule has 50 valence electrons. The fourth-order valence-electron chi connectivity index (χ4n) is 1.03.